The second-order valence-electron chi connectivity index (χ2n) is 3.73. The van der Waals surface area contributed by atoms with Crippen LogP contribution in [-0.4, -0.2) is 28.9 Å². The first-order chi connectivity index (χ1) is 7.24. The molecule has 0 fully saturated rings. The van der Waals surface area contributed by atoms with E-state index in [0.717, 1.165) is 31.6 Å². The number of nitrogens with one attached hydrogen (secondary N) is 1. The summed E-state index contributed by atoms with van der Waals surface area (Å²) in [4.78, 5) is 16.0. The van der Waals surface area contributed by atoms with E-state index < -0.39 is 0 Å². The molecule has 1 aliphatic rings. The number of aromatic nitrogens is 2. The van der Waals surface area contributed by atoms with E-state index in [2.05, 4.69) is 10.3 Å². The zero-order valence-corrected chi connectivity index (χ0v) is 9.47. The number of nitrogens with zero attached hydrogens (tertiary/aromatic N) is 2. The van der Waals surface area contributed by atoms with Gasteiger partial charge in [-0.2, -0.15) is 0 Å². The average Bonchev–Trinajstić information content (AvgIpc) is 2.54. The van der Waals surface area contributed by atoms with Crippen LogP contribution in [0.25, 0.3) is 0 Å². The molecule has 0 radical (unpaired) electrons. The molecule has 0 spiro atoms. The van der Waals surface area contributed by atoms with Crippen LogP contribution in [0.4, 0.5) is 0 Å². The lowest BCUT2D eigenvalue weighted by Crippen LogP contribution is -2.23. The van der Waals surface area contributed by atoms with Crippen LogP contribution in [0.1, 0.15) is 29.2 Å². The van der Waals surface area contributed by atoms with E-state index in [4.69, 9.17) is 11.6 Å². The van der Waals surface area contributed by atoms with Gasteiger partial charge in [0.25, 0.3) is 0 Å². The SMILES string of the molecule is CNCC(=O)c1c(Cl)nc2n1CCCC2. The van der Waals surface area contributed by atoms with Crippen molar-refractivity contribution in [1.82, 2.24) is 14.9 Å². The van der Waals surface area contributed by atoms with Gasteiger partial charge in [-0.3, -0.25) is 4.79 Å². The lowest BCUT2D eigenvalue weighted by molar-refractivity contribution is 0.0984. The molecule has 0 unspecified atom stereocenters. The maximum absolute atomic E-state index is 11.8. The number of hydrogen-bond acceptors (Lipinski definition) is 3. The molecule has 82 valence electrons. The maximum atomic E-state index is 11.8. The molecule has 0 bridgehead atoms. The van der Waals surface area contributed by atoms with Gasteiger partial charge in [0, 0.05) is 13.0 Å². The second-order valence-corrected chi connectivity index (χ2v) is 4.09. The minimum atomic E-state index is 0.0168. The summed E-state index contributed by atoms with van der Waals surface area (Å²) in [5.41, 5.74) is 0.570. The molecule has 1 aromatic heterocycles. The molecule has 4 nitrogen and oxygen atoms in total. The summed E-state index contributed by atoms with van der Waals surface area (Å²) in [6, 6.07) is 0. The number of rotatable bonds is 3. The fourth-order valence-corrected chi connectivity index (χ4v) is 2.27. The lowest BCUT2D eigenvalue weighted by Gasteiger charge is -2.15. The predicted molar refractivity (Wildman–Crippen MR) is 58.4 cm³/mol. The van der Waals surface area contributed by atoms with Crippen molar-refractivity contribution in [3.05, 3.63) is 16.7 Å². The summed E-state index contributed by atoms with van der Waals surface area (Å²) in [5.74, 6) is 0.967. The van der Waals surface area contributed by atoms with E-state index in [1.165, 1.54) is 0 Å². The molecule has 0 saturated carbocycles. The largest absolute Gasteiger partial charge is 0.324 e. The molecule has 2 rings (SSSR count). The van der Waals surface area contributed by atoms with Crippen molar-refractivity contribution in [1.29, 1.82) is 0 Å². The first-order valence-corrected chi connectivity index (χ1v) is 5.54. The predicted octanol–water partition coefficient (Wildman–Crippen LogP) is 1.27. The Labute approximate surface area is 93.6 Å². The van der Waals surface area contributed by atoms with Crippen LogP contribution in [0.15, 0.2) is 0 Å². The van der Waals surface area contributed by atoms with Crippen LogP contribution >= 0.6 is 11.6 Å². The molecule has 0 aliphatic carbocycles. The third-order valence-corrected chi connectivity index (χ3v) is 2.90. The Hall–Kier alpha value is -0.870. The molecule has 0 atom stereocenters. The fourth-order valence-electron chi connectivity index (χ4n) is 1.96. The van der Waals surface area contributed by atoms with E-state index in [0.29, 0.717) is 17.4 Å². The Morgan fingerprint density at radius 3 is 3.13 bits per heavy atom. The molecule has 0 saturated heterocycles. The number of fused-ring (bicyclic) bond motifs is 1. The fraction of sp³-hybridized carbons (Fsp3) is 0.600. The molecule has 0 amide bonds. The van der Waals surface area contributed by atoms with Gasteiger partial charge in [-0.1, -0.05) is 11.6 Å². The van der Waals surface area contributed by atoms with Crippen LogP contribution in [0.3, 0.4) is 0 Å². The Morgan fingerprint density at radius 2 is 2.40 bits per heavy atom. The number of carbonyl (C=O) groups is 1. The van der Waals surface area contributed by atoms with E-state index in [1.54, 1.807) is 7.05 Å². The van der Waals surface area contributed by atoms with Gasteiger partial charge in [0.15, 0.2) is 10.9 Å². The van der Waals surface area contributed by atoms with Crippen LogP contribution in [0.2, 0.25) is 5.15 Å². The monoisotopic (exact) mass is 227 g/mol. The first-order valence-electron chi connectivity index (χ1n) is 5.16. The zero-order valence-electron chi connectivity index (χ0n) is 8.72. The van der Waals surface area contributed by atoms with Crippen molar-refractivity contribution < 1.29 is 4.79 Å². The maximum Gasteiger partial charge on any atom is 0.196 e. The number of likely N-dealkylation sites (N-methyl/N-ethyl adjacent to an activating group) is 1. The topological polar surface area (TPSA) is 46.9 Å². The Bertz CT molecular complexity index is 386. The van der Waals surface area contributed by atoms with Crippen LogP contribution in [-0.2, 0) is 13.0 Å². The Kier molecular flexibility index (Phi) is 3.07. The van der Waals surface area contributed by atoms with Crippen molar-refractivity contribution in [3.63, 3.8) is 0 Å². The highest BCUT2D eigenvalue weighted by molar-refractivity contribution is 6.32. The van der Waals surface area contributed by atoms with Gasteiger partial charge in [0.1, 0.15) is 11.5 Å². The van der Waals surface area contributed by atoms with Crippen molar-refractivity contribution in [2.45, 2.75) is 25.8 Å². The number of halogens is 1. The summed E-state index contributed by atoms with van der Waals surface area (Å²) < 4.78 is 1.96. The minimum absolute atomic E-state index is 0.0168. The normalized spacial score (nSPS) is 15.1. The van der Waals surface area contributed by atoms with Crippen LogP contribution in [0.5, 0.6) is 0 Å². The molecular weight excluding hydrogens is 214 g/mol. The molecule has 1 aromatic rings. The van der Waals surface area contributed by atoms with Gasteiger partial charge < -0.3 is 9.88 Å². The number of Topliss-reactive ketones (excluding diaryl/α,β-unsaturated/α-hetero) is 1. The summed E-state index contributed by atoms with van der Waals surface area (Å²) in [7, 11) is 1.75. The van der Waals surface area contributed by atoms with Crippen molar-refractivity contribution in [2.24, 2.45) is 0 Å². The lowest BCUT2D eigenvalue weighted by atomic mass is 10.1. The standard InChI is InChI=1S/C10H14ClN3O/c1-12-6-7(15)9-10(11)13-8-4-2-3-5-14(8)9/h12H,2-6H2,1H3. The van der Waals surface area contributed by atoms with E-state index in [-0.39, 0.29) is 5.78 Å². The van der Waals surface area contributed by atoms with Crippen LogP contribution in [0, 0.1) is 0 Å². The van der Waals surface area contributed by atoms with Crippen molar-refractivity contribution >= 4 is 17.4 Å². The highest BCUT2D eigenvalue weighted by Crippen LogP contribution is 2.23. The van der Waals surface area contributed by atoms with E-state index in [1.807, 2.05) is 4.57 Å². The molecule has 5 heteroatoms. The summed E-state index contributed by atoms with van der Waals surface area (Å²) >= 11 is 5.99. The smallest absolute Gasteiger partial charge is 0.196 e. The van der Waals surface area contributed by atoms with Crippen molar-refractivity contribution in [2.75, 3.05) is 13.6 Å². The molecule has 1 N–H and O–H groups in total. The number of carbonyl (C=O) groups excluding carboxylic acids is 1. The third-order valence-electron chi connectivity index (χ3n) is 2.64. The van der Waals surface area contributed by atoms with E-state index >= 15 is 0 Å². The number of hydrogen-bond donors (Lipinski definition) is 1. The quantitative estimate of drug-likeness (QED) is 0.792. The van der Waals surface area contributed by atoms with E-state index in [9.17, 15) is 4.79 Å². The van der Waals surface area contributed by atoms with Gasteiger partial charge in [-0.05, 0) is 19.9 Å². The summed E-state index contributed by atoms with van der Waals surface area (Å²) in [6.45, 7) is 1.17. The third kappa shape index (κ3) is 1.92. The highest BCUT2D eigenvalue weighted by atomic mass is 35.5. The Morgan fingerprint density at radius 1 is 1.60 bits per heavy atom. The van der Waals surface area contributed by atoms with Crippen LogP contribution < -0.4 is 5.32 Å². The average molecular weight is 228 g/mol. The van der Waals surface area contributed by atoms with Gasteiger partial charge in [0.2, 0.25) is 0 Å². The number of ketones is 1. The van der Waals surface area contributed by atoms with Crippen molar-refractivity contribution in [3.8, 4) is 0 Å². The number of aryl methyl sites for hydroxylation is 1. The summed E-state index contributed by atoms with van der Waals surface area (Å²) in [5, 5.41) is 3.19. The molecule has 0 aromatic carbocycles. The highest BCUT2D eigenvalue weighted by Gasteiger charge is 2.22. The molecule has 2 heterocycles. The van der Waals surface area contributed by atoms with Gasteiger partial charge in [-0.25, -0.2) is 4.98 Å². The molecule has 1 aliphatic heterocycles. The van der Waals surface area contributed by atoms with Gasteiger partial charge in [-0.15, -0.1) is 0 Å². The Balaban J connectivity index is 2.37. The zero-order chi connectivity index (χ0) is 10.8. The second kappa shape index (κ2) is 4.33. The van der Waals surface area contributed by atoms with Gasteiger partial charge >= 0.3 is 0 Å². The minimum Gasteiger partial charge on any atom is -0.324 e. The molecule has 15 heavy (non-hydrogen) atoms. The number of imidazole rings is 1. The first kappa shape index (κ1) is 10.6. The summed E-state index contributed by atoms with van der Waals surface area (Å²) in [6.07, 6.45) is 3.15. The molecular formula is C10H14ClN3O. The van der Waals surface area contributed by atoms with Gasteiger partial charge in [0.05, 0.1) is 6.54 Å².